The average molecular weight is 334 g/mol. The van der Waals surface area contributed by atoms with Gasteiger partial charge in [-0.2, -0.15) is 0 Å². The SMILES string of the molecule is CC(C)(C(=O)N1CCN(C=O)CC1)c1c[nH]c2ccc(Cl)cc12. The van der Waals surface area contributed by atoms with E-state index in [9.17, 15) is 9.59 Å². The molecule has 0 bridgehead atoms. The van der Waals surface area contributed by atoms with Crippen molar-refractivity contribution in [3.05, 3.63) is 35.0 Å². The second kappa shape index (κ2) is 5.89. The number of carbonyl (C=O) groups is 2. The van der Waals surface area contributed by atoms with Gasteiger partial charge in [-0.3, -0.25) is 9.59 Å². The van der Waals surface area contributed by atoms with Crippen molar-refractivity contribution in [2.45, 2.75) is 19.3 Å². The molecule has 2 aromatic rings. The molecular formula is C17H20ClN3O2. The number of hydrogen-bond donors (Lipinski definition) is 1. The number of halogens is 1. The quantitative estimate of drug-likeness (QED) is 0.877. The van der Waals surface area contributed by atoms with Crippen LogP contribution in [0.1, 0.15) is 19.4 Å². The maximum atomic E-state index is 13.0. The first kappa shape index (κ1) is 15.9. The number of fused-ring (bicyclic) bond motifs is 1. The van der Waals surface area contributed by atoms with Crippen molar-refractivity contribution in [2.75, 3.05) is 26.2 Å². The molecule has 0 radical (unpaired) electrons. The van der Waals surface area contributed by atoms with E-state index in [2.05, 4.69) is 4.98 Å². The molecule has 1 saturated heterocycles. The predicted octanol–water partition coefficient (Wildman–Crippen LogP) is 2.40. The zero-order valence-corrected chi connectivity index (χ0v) is 14.1. The van der Waals surface area contributed by atoms with Crippen molar-refractivity contribution in [1.82, 2.24) is 14.8 Å². The molecule has 0 spiro atoms. The van der Waals surface area contributed by atoms with E-state index in [4.69, 9.17) is 11.6 Å². The van der Waals surface area contributed by atoms with Crippen molar-refractivity contribution in [2.24, 2.45) is 0 Å². The molecule has 1 aromatic carbocycles. The number of aromatic amines is 1. The van der Waals surface area contributed by atoms with Gasteiger partial charge in [0.1, 0.15) is 0 Å². The second-order valence-corrected chi connectivity index (χ2v) is 6.89. The first-order valence-corrected chi connectivity index (χ1v) is 8.07. The standard InChI is InChI=1S/C17H20ClN3O2/c1-17(2,16(23)21-7-5-20(11-22)6-8-21)14-10-19-15-4-3-12(18)9-13(14)15/h3-4,9-11,19H,5-8H2,1-2H3. The Bertz CT molecular complexity index is 745. The molecule has 122 valence electrons. The van der Waals surface area contributed by atoms with E-state index in [1.807, 2.05) is 43.1 Å². The minimum absolute atomic E-state index is 0.0731. The van der Waals surface area contributed by atoms with Gasteiger partial charge >= 0.3 is 0 Å². The molecule has 0 atom stereocenters. The first-order valence-electron chi connectivity index (χ1n) is 7.69. The second-order valence-electron chi connectivity index (χ2n) is 6.45. The number of hydrogen-bond acceptors (Lipinski definition) is 2. The molecule has 2 heterocycles. The van der Waals surface area contributed by atoms with Gasteiger partial charge in [-0.25, -0.2) is 0 Å². The maximum absolute atomic E-state index is 13.0. The lowest BCUT2D eigenvalue weighted by atomic mass is 9.82. The molecule has 1 aromatic heterocycles. The Hall–Kier alpha value is -2.01. The summed E-state index contributed by atoms with van der Waals surface area (Å²) in [5.74, 6) is 0.0731. The molecule has 1 aliphatic rings. The fourth-order valence-corrected chi connectivity index (χ4v) is 3.32. The number of H-pyrrole nitrogens is 1. The fraction of sp³-hybridized carbons (Fsp3) is 0.412. The van der Waals surface area contributed by atoms with E-state index in [0.29, 0.717) is 31.2 Å². The molecule has 0 aliphatic carbocycles. The van der Waals surface area contributed by atoms with Gasteiger partial charge in [0.05, 0.1) is 5.41 Å². The molecular weight excluding hydrogens is 314 g/mol. The fourth-order valence-electron chi connectivity index (χ4n) is 3.15. The maximum Gasteiger partial charge on any atom is 0.232 e. The van der Waals surface area contributed by atoms with E-state index in [1.54, 1.807) is 4.90 Å². The summed E-state index contributed by atoms with van der Waals surface area (Å²) in [4.78, 5) is 30.6. The number of nitrogens with zero attached hydrogens (tertiary/aromatic N) is 2. The summed E-state index contributed by atoms with van der Waals surface area (Å²) in [5, 5.41) is 1.63. The Morgan fingerprint density at radius 2 is 1.96 bits per heavy atom. The highest BCUT2D eigenvalue weighted by Gasteiger charge is 2.36. The lowest BCUT2D eigenvalue weighted by molar-refractivity contribution is -0.139. The third kappa shape index (κ3) is 2.81. The van der Waals surface area contributed by atoms with E-state index in [1.165, 1.54) is 0 Å². The molecule has 5 nitrogen and oxygen atoms in total. The van der Waals surface area contributed by atoms with E-state index in [0.717, 1.165) is 22.9 Å². The number of piperazine rings is 1. The van der Waals surface area contributed by atoms with E-state index >= 15 is 0 Å². The number of aromatic nitrogens is 1. The smallest absolute Gasteiger partial charge is 0.232 e. The summed E-state index contributed by atoms with van der Waals surface area (Å²) < 4.78 is 0. The van der Waals surface area contributed by atoms with Crippen LogP contribution in [-0.4, -0.2) is 53.3 Å². The summed E-state index contributed by atoms with van der Waals surface area (Å²) in [6.07, 6.45) is 2.73. The largest absolute Gasteiger partial charge is 0.361 e. The van der Waals surface area contributed by atoms with Gasteiger partial charge in [-0.15, -0.1) is 0 Å². The molecule has 0 unspecified atom stereocenters. The summed E-state index contributed by atoms with van der Waals surface area (Å²) in [5.41, 5.74) is 1.25. The predicted molar refractivity (Wildman–Crippen MR) is 90.6 cm³/mol. The lowest BCUT2D eigenvalue weighted by Crippen LogP contribution is -2.52. The third-order valence-corrected chi connectivity index (χ3v) is 4.84. The van der Waals surface area contributed by atoms with Crippen LogP contribution >= 0.6 is 11.6 Å². The van der Waals surface area contributed by atoms with E-state index < -0.39 is 5.41 Å². The minimum atomic E-state index is -0.660. The van der Waals surface area contributed by atoms with Gasteiger partial charge in [0.2, 0.25) is 12.3 Å². The Morgan fingerprint density at radius 1 is 1.26 bits per heavy atom. The van der Waals surface area contributed by atoms with Crippen molar-refractivity contribution in [3.63, 3.8) is 0 Å². The normalized spacial score (nSPS) is 16.0. The van der Waals surface area contributed by atoms with Crippen LogP contribution in [0.4, 0.5) is 0 Å². The van der Waals surface area contributed by atoms with Crippen molar-refractivity contribution >= 4 is 34.8 Å². The van der Waals surface area contributed by atoms with Gasteiger partial charge < -0.3 is 14.8 Å². The number of benzene rings is 1. The minimum Gasteiger partial charge on any atom is -0.361 e. The number of nitrogens with one attached hydrogen (secondary N) is 1. The van der Waals surface area contributed by atoms with Crippen LogP contribution in [0.25, 0.3) is 10.9 Å². The summed E-state index contributed by atoms with van der Waals surface area (Å²) >= 11 is 6.11. The highest BCUT2D eigenvalue weighted by atomic mass is 35.5. The molecule has 1 fully saturated rings. The summed E-state index contributed by atoms with van der Waals surface area (Å²) in [6, 6.07) is 5.64. The van der Waals surface area contributed by atoms with Gasteiger partial charge in [-0.05, 0) is 37.6 Å². The van der Waals surface area contributed by atoms with Crippen LogP contribution in [0.3, 0.4) is 0 Å². The third-order valence-electron chi connectivity index (χ3n) is 4.60. The van der Waals surface area contributed by atoms with Crippen LogP contribution in [0.2, 0.25) is 5.02 Å². The van der Waals surface area contributed by atoms with Gasteiger partial charge in [0, 0.05) is 48.3 Å². The zero-order valence-electron chi connectivity index (χ0n) is 13.3. The van der Waals surface area contributed by atoms with Crippen LogP contribution in [0.5, 0.6) is 0 Å². The Kier molecular flexibility index (Phi) is 4.06. The average Bonchev–Trinajstić information content (AvgIpc) is 2.98. The first-order chi connectivity index (χ1) is 10.9. The molecule has 1 aliphatic heterocycles. The highest BCUT2D eigenvalue weighted by Crippen LogP contribution is 2.33. The molecule has 3 rings (SSSR count). The summed E-state index contributed by atoms with van der Waals surface area (Å²) in [7, 11) is 0. The Labute approximate surface area is 140 Å². The zero-order chi connectivity index (χ0) is 16.6. The summed E-state index contributed by atoms with van der Waals surface area (Å²) in [6.45, 7) is 6.19. The topological polar surface area (TPSA) is 56.4 Å². The molecule has 1 N–H and O–H groups in total. The van der Waals surface area contributed by atoms with Crippen molar-refractivity contribution < 1.29 is 9.59 Å². The lowest BCUT2D eigenvalue weighted by Gasteiger charge is -2.37. The van der Waals surface area contributed by atoms with Crippen LogP contribution in [-0.2, 0) is 15.0 Å². The van der Waals surface area contributed by atoms with Gasteiger partial charge in [0.25, 0.3) is 0 Å². The molecule has 6 heteroatoms. The molecule has 2 amide bonds. The molecule has 0 saturated carbocycles. The van der Waals surface area contributed by atoms with Gasteiger partial charge in [-0.1, -0.05) is 11.6 Å². The number of carbonyl (C=O) groups excluding carboxylic acids is 2. The van der Waals surface area contributed by atoms with Crippen LogP contribution in [0.15, 0.2) is 24.4 Å². The van der Waals surface area contributed by atoms with Crippen LogP contribution < -0.4 is 0 Å². The highest BCUT2D eigenvalue weighted by molar-refractivity contribution is 6.31. The molecule has 23 heavy (non-hydrogen) atoms. The Morgan fingerprint density at radius 3 is 2.61 bits per heavy atom. The van der Waals surface area contributed by atoms with Crippen molar-refractivity contribution in [1.29, 1.82) is 0 Å². The van der Waals surface area contributed by atoms with Crippen molar-refractivity contribution in [3.8, 4) is 0 Å². The van der Waals surface area contributed by atoms with E-state index in [-0.39, 0.29) is 5.91 Å². The number of rotatable bonds is 3. The van der Waals surface area contributed by atoms with Crippen LogP contribution in [0, 0.1) is 0 Å². The number of amides is 2. The van der Waals surface area contributed by atoms with Gasteiger partial charge in [0.15, 0.2) is 0 Å². The Balaban J connectivity index is 1.89. The monoisotopic (exact) mass is 333 g/mol.